The highest BCUT2D eigenvalue weighted by Gasteiger charge is 2.32. The maximum Gasteiger partial charge on any atom is 0.416 e. The number of halogens is 5. The van der Waals surface area contributed by atoms with Gasteiger partial charge in [-0.15, -0.1) is 0 Å². The SMILES string of the molecule is COCCN(CC1CN(C(=O)c2ccc(F)cc2F)CCO1)C(=O)c1ccc(C(F)(F)F)cc1. The lowest BCUT2D eigenvalue weighted by molar-refractivity contribution is -0.137. The summed E-state index contributed by atoms with van der Waals surface area (Å²) in [6, 6.07) is 6.53. The quantitative estimate of drug-likeness (QED) is 0.562. The van der Waals surface area contributed by atoms with Gasteiger partial charge in [-0.2, -0.15) is 13.2 Å². The number of methoxy groups -OCH3 is 1. The largest absolute Gasteiger partial charge is 0.416 e. The molecule has 1 aliphatic heterocycles. The fourth-order valence-corrected chi connectivity index (χ4v) is 3.55. The Kier molecular flexibility index (Phi) is 8.21. The van der Waals surface area contributed by atoms with E-state index >= 15 is 0 Å². The van der Waals surface area contributed by atoms with E-state index in [2.05, 4.69) is 0 Å². The summed E-state index contributed by atoms with van der Waals surface area (Å²) in [5.41, 5.74) is -1.09. The van der Waals surface area contributed by atoms with Crippen LogP contribution in [0.25, 0.3) is 0 Å². The molecule has 1 unspecified atom stereocenters. The summed E-state index contributed by atoms with van der Waals surface area (Å²) in [5, 5.41) is 0. The molecule has 2 aromatic carbocycles. The van der Waals surface area contributed by atoms with Crippen LogP contribution in [0, 0.1) is 11.6 Å². The number of morpholine rings is 1. The Balaban J connectivity index is 1.71. The Labute approximate surface area is 192 Å². The molecule has 11 heteroatoms. The van der Waals surface area contributed by atoms with E-state index in [1.165, 1.54) is 16.9 Å². The van der Waals surface area contributed by atoms with Gasteiger partial charge >= 0.3 is 6.18 Å². The number of alkyl halides is 3. The van der Waals surface area contributed by atoms with Crippen LogP contribution in [-0.2, 0) is 15.7 Å². The number of benzene rings is 2. The minimum absolute atomic E-state index is 0.0267. The van der Waals surface area contributed by atoms with Crippen LogP contribution in [0.4, 0.5) is 22.0 Å². The van der Waals surface area contributed by atoms with Gasteiger partial charge in [0, 0.05) is 44.9 Å². The molecular formula is C23H23F5N2O4. The van der Waals surface area contributed by atoms with E-state index in [1.807, 2.05) is 0 Å². The molecule has 6 nitrogen and oxygen atoms in total. The monoisotopic (exact) mass is 486 g/mol. The molecule has 3 rings (SSSR count). The molecule has 0 bridgehead atoms. The van der Waals surface area contributed by atoms with E-state index in [-0.39, 0.29) is 50.5 Å². The molecule has 1 atom stereocenters. The number of carbonyl (C=O) groups excluding carboxylic acids is 2. The number of amides is 2. The zero-order chi connectivity index (χ0) is 24.9. The number of hydrogen-bond acceptors (Lipinski definition) is 4. The highest BCUT2D eigenvalue weighted by atomic mass is 19.4. The van der Waals surface area contributed by atoms with E-state index < -0.39 is 41.3 Å². The Morgan fingerprint density at radius 1 is 1.15 bits per heavy atom. The third kappa shape index (κ3) is 6.29. The van der Waals surface area contributed by atoms with Crippen molar-refractivity contribution >= 4 is 11.8 Å². The number of hydrogen-bond donors (Lipinski definition) is 0. The van der Waals surface area contributed by atoms with Crippen LogP contribution in [0.3, 0.4) is 0 Å². The van der Waals surface area contributed by atoms with E-state index in [1.54, 1.807) is 0 Å². The molecule has 0 spiro atoms. The van der Waals surface area contributed by atoms with Crippen molar-refractivity contribution in [3.63, 3.8) is 0 Å². The van der Waals surface area contributed by atoms with Crippen molar-refractivity contribution in [3.8, 4) is 0 Å². The van der Waals surface area contributed by atoms with Gasteiger partial charge in [0.15, 0.2) is 0 Å². The van der Waals surface area contributed by atoms with Crippen LogP contribution < -0.4 is 0 Å². The lowest BCUT2D eigenvalue weighted by atomic mass is 10.1. The zero-order valence-electron chi connectivity index (χ0n) is 18.3. The summed E-state index contributed by atoms with van der Waals surface area (Å²) >= 11 is 0. The molecule has 0 aromatic heterocycles. The summed E-state index contributed by atoms with van der Waals surface area (Å²) in [4.78, 5) is 28.4. The molecule has 1 fully saturated rings. The molecule has 2 amide bonds. The molecule has 1 heterocycles. The minimum atomic E-state index is -4.52. The lowest BCUT2D eigenvalue weighted by Crippen LogP contribution is -2.51. The number of nitrogens with zero attached hydrogens (tertiary/aromatic N) is 2. The van der Waals surface area contributed by atoms with E-state index in [0.717, 1.165) is 36.4 Å². The molecule has 0 aliphatic carbocycles. The summed E-state index contributed by atoms with van der Waals surface area (Å²) in [5.74, 6) is -2.94. The Morgan fingerprint density at radius 2 is 1.85 bits per heavy atom. The fraction of sp³-hybridized carbons (Fsp3) is 0.391. The maximum atomic E-state index is 14.0. The van der Waals surface area contributed by atoms with Gasteiger partial charge < -0.3 is 19.3 Å². The van der Waals surface area contributed by atoms with Crippen LogP contribution in [-0.4, -0.2) is 74.2 Å². The Bertz CT molecular complexity index is 1010. The van der Waals surface area contributed by atoms with Gasteiger partial charge in [0.25, 0.3) is 11.8 Å². The first-order valence-corrected chi connectivity index (χ1v) is 10.4. The standard InChI is InChI=1S/C23H23F5N2O4/c1-33-10-8-29(21(31)15-2-4-16(5-3-15)23(26,27)28)13-18-14-30(9-11-34-18)22(32)19-7-6-17(24)12-20(19)25/h2-7,12,18H,8-11,13-14H2,1H3. The van der Waals surface area contributed by atoms with E-state index in [0.29, 0.717) is 6.07 Å². The van der Waals surface area contributed by atoms with E-state index in [4.69, 9.17) is 9.47 Å². The lowest BCUT2D eigenvalue weighted by Gasteiger charge is -2.36. The fourth-order valence-electron chi connectivity index (χ4n) is 3.55. The van der Waals surface area contributed by atoms with Gasteiger partial charge in [-0.25, -0.2) is 8.78 Å². The van der Waals surface area contributed by atoms with Gasteiger partial charge in [-0.05, 0) is 36.4 Å². The van der Waals surface area contributed by atoms with Gasteiger partial charge in [-0.1, -0.05) is 0 Å². The van der Waals surface area contributed by atoms with Gasteiger partial charge in [-0.3, -0.25) is 9.59 Å². The smallest absolute Gasteiger partial charge is 0.383 e. The second-order valence-electron chi connectivity index (χ2n) is 7.69. The average Bonchev–Trinajstić information content (AvgIpc) is 2.80. The minimum Gasteiger partial charge on any atom is -0.383 e. The first-order valence-electron chi connectivity index (χ1n) is 10.4. The Morgan fingerprint density at radius 3 is 2.47 bits per heavy atom. The summed E-state index contributed by atoms with van der Waals surface area (Å²) < 4.78 is 76.4. The van der Waals surface area contributed by atoms with Crippen LogP contribution in [0.2, 0.25) is 0 Å². The molecule has 0 N–H and O–H groups in total. The van der Waals surface area contributed by atoms with Gasteiger partial charge in [0.2, 0.25) is 0 Å². The van der Waals surface area contributed by atoms with Crippen molar-refractivity contribution in [3.05, 3.63) is 70.8 Å². The van der Waals surface area contributed by atoms with Gasteiger partial charge in [0.05, 0.1) is 30.4 Å². The van der Waals surface area contributed by atoms with Crippen LogP contribution in [0.1, 0.15) is 26.3 Å². The average molecular weight is 486 g/mol. The first-order chi connectivity index (χ1) is 16.1. The third-order valence-electron chi connectivity index (χ3n) is 5.32. The topological polar surface area (TPSA) is 59.1 Å². The molecule has 2 aromatic rings. The van der Waals surface area contributed by atoms with Gasteiger partial charge in [0.1, 0.15) is 11.6 Å². The van der Waals surface area contributed by atoms with E-state index in [9.17, 15) is 31.5 Å². The molecule has 1 saturated heterocycles. The normalized spacial score (nSPS) is 16.4. The molecule has 184 valence electrons. The molecule has 34 heavy (non-hydrogen) atoms. The highest BCUT2D eigenvalue weighted by molar-refractivity contribution is 5.95. The predicted octanol–water partition coefficient (Wildman–Crippen LogP) is 3.61. The molecular weight excluding hydrogens is 463 g/mol. The molecule has 0 radical (unpaired) electrons. The molecule has 1 aliphatic rings. The second-order valence-corrected chi connectivity index (χ2v) is 7.69. The zero-order valence-corrected chi connectivity index (χ0v) is 18.3. The predicted molar refractivity (Wildman–Crippen MR) is 111 cm³/mol. The number of carbonyl (C=O) groups is 2. The summed E-state index contributed by atoms with van der Waals surface area (Å²) in [6.07, 6.45) is -5.15. The number of ether oxygens (including phenoxy) is 2. The van der Waals surface area contributed by atoms with Crippen LogP contribution in [0.5, 0.6) is 0 Å². The van der Waals surface area contributed by atoms with Crippen molar-refractivity contribution in [2.45, 2.75) is 12.3 Å². The van der Waals surface area contributed by atoms with Crippen LogP contribution >= 0.6 is 0 Å². The summed E-state index contributed by atoms with van der Waals surface area (Å²) in [6.45, 7) is 0.681. The van der Waals surface area contributed by atoms with Crippen molar-refractivity contribution in [2.75, 3.05) is 46.5 Å². The maximum absolute atomic E-state index is 14.0. The second kappa shape index (κ2) is 10.9. The van der Waals surface area contributed by atoms with Crippen LogP contribution in [0.15, 0.2) is 42.5 Å². The number of rotatable bonds is 7. The third-order valence-corrected chi connectivity index (χ3v) is 5.32. The highest BCUT2D eigenvalue weighted by Crippen LogP contribution is 2.29. The summed E-state index contributed by atoms with van der Waals surface area (Å²) in [7, 11) is 1.44. The first kappa shape index (κ1) is 25.6. The van der Waals surface area contributed by atoms with Crippen molar-refractivity contribution < 1.29 is 41.0 Å². The van der Waals surface area contributed by atoms with Crippen molar-refractivity contribution in [2.24, 2.45) is 0 Å². The Hall–Kier alpha value is -3.05. The molecule has 0 saturated carbocycles. The van der Waals surface area contributed by atoms with Crippen molar-refractivity contribution in [1.29, 1.82) is 0 Å². The van der Waals surface area contributed by atoms with Crippen molar-refractivity contribution in [1.82, 2.24) is 9.80 Å².